The third kappa shape index (κ3) is 1.34. The number of pyridine rings is 1. The van der Waals surface area contributed by atoms with E-state index in [0.29, 0.717) is 0 Å². The lowest BCUT2D eigenvalue weighted by Crippen LogP contribution is -1.88. The molecule has 0 unspecified atom stereocenters. The number of rotatable bonds is 0. The largest absolute Gasteiger partial charge is 0.358 e. The fraction of sp³-hybridized carbons (Fsp3) is 0. The van der Waals surface area contributed by atoms with Crippen LogP contribution in [0.5, 0.6) is 0 Å². The van der Waals surface area contributed by atoms with Gasteiger partial charge in [0, 0.05) is 29.4 Å². The van der Waals surface area contributed by atoms with Crippen LogP contribution >= 0.6 is 0 Å². The molecule has 3 aromatic heterocycles. The monoisotopic (exact) mass is 271 g/mol. The van der Waals surface area contributed by atoms with Crippen molar-refractivity contribution in [3.05, 3.63) is 49.2 Å². The zero-order valence-corrected chi connectivity index (χ0v) is 10.9. The Kier molecular flexibility index (Phi) is 1.90. The van der Waals surface area contributed by atoms with E-state index in [4.69, 9.17) is 0 Å². The van der Waals surface area contributed by atoms with Crippen LogP contribution in [0.1, 0.15) is 0 Å². The summed E-state index contributed by atoms with van der Waals surface area (Å²) in [4.78, 5) is 20.9. The molecule has 98 valence electrons. The van der Waals surface area contributed by atoms with Crippen molar-refractivity contribution in [2.75, 3.05) is 0 Å². The topological polar surface area (TPSA) is 67.3 Å². The van der Waals surface area contributed by atoms with Crippen molar-refractivity contribution in [2.24, 2.45) is 0 Å². The summed E-state index contributed by atoms with van der Waals surface area (Å²) in [6.07, 6.45) is 6.96. The average Bonchev–Trinajstić information content (AvgIpc) is 3.03. The van der Waals surface area contributed by atoms with Gasteiger partial charge in [-0.2, -0.15) is 0 Å². The molecular formula is C16H9N5. The maximum atomic E-state index is 4.48. The number of nitrogens with zero attached hydrogens (tertiary/aromatic N) is 4. The van der Waals surface area contributed by atoms with E-state index in [-0.39, 0.29) is 0 Å². The van der Waals surface area contributed by atoms with Gasteiger partial charge in [0.25, 0.3) is 0 Å². The molecule has 0 saturated heterocycles. The Morgan fingerprint density at radius 3 is 2.67 bits per heavy atom. The number of hydrogen-bond donors (Lipinski definition) is 1. The van der Waals surface area contributed by atoms with Gasteiger partial charge in [-0.05, 0) is 23.6 Å². The minimum absolute atomic E-state index is 0.848. The summed E-state index contributed by atoms with van der Waals surface area (Å²) in [6.45, 7) is 0. The molecule has 1 N–H and O–H groups in total. The molecular weight excluding hydrogens is 262 g/mol. The highest BCUT2D eigenvalue weighted by Crippen LogP contribution is 2.33. The van der Waals surface area contributed by atoms with Crippen molar-refractivity contribution in [3.63, 3.8) is 0 Å². The van der Waals surface area contributed by atoms with Crippen LogP contribution in [0.2, 0.25) is 0 Å². The lowest BCUT2D eigenvalue weighted by atomic mass is 10.0. The van der Waals surface area contributed by atoms with Crippen molar-refractivity contribution < 1.29 is 0 Å². The average molecular weight is 271 g/mol. The highest BCUT2D eigenvalue weighted by atomic mass is 14.9. The Morgan fingerprint density at radius 2 is 1.67 bits per heavy atom. The van der Waals surface area contributed by atoms with Crippen LogP contribution in [-0.2, 0) is 0 Å². The van der Waals surface area contributed by atoms with Crippen molar-refractivity contribution in [2.45, 2.75) is 0 Å². The van der Waals surface area contributed by atoms with Gasteiger partial charge in [-0.15, -0.1) is 0 Å². The molecule has 0 saturated carbocycles. The number of nitrogens with one attached hydrogen (secondary N) is 1. The molecule has 5 nitrogen and oxygen atoms in total. The number of fused-ring (bicyclic) bond motifs is 7. The summed E-state index contributed by atoms with van der Waals surface area (Å²) in [5.74, 6) is 0. The van der Waals surface area contributed by atoms with Crippen molar-refractivity contribution in [1.29, 1.82) is 0 Å². The van der Waals surface area contributed by atoms with Gasteiger partial charge in [0.15, 0.2) is 0 Å². The second kappa shape index (κ2) is 3.73. The van der Waals surface area contributed by atoms with Crippen LogP contribution in [0.15, 0.2) is 49.2 Å². The molecule has 2 aromatic carbocycles. The number of H-pyrrole nitrogens is 1. The van der Waals surface area contributed by atoms with Gasteiger partial charge in [0.1, 0.15) is 17.4 Å². The highest BCUT2D eigenvalue weighted by molar-refractivity contribution is 6.23. The number of benzene rings is 2. The first-order valence-corrected chi connectivity index (χ1v) is 6.66. The molecule has 0 bridgehead atoms. The first kappa shape index (κ1) is 10.7. The molecule has 0 amide bonds. The van der Waals surface area contributed by atoms with Gasteiger partial charge in [-0.3, -0.25) is 9.97 Å². The highest BCUT2D eigenvalue weighted by Gasteiger charge is 2.13. The zero-order chi connectivity index (χ0) is 13.8. The van der Waals surface area contributed by atoms with Gasteiger partial charge < -0.3 is 4.98 Å². The van der Waals surface area contributed by atoms with Crippen LogP contribution in [0, 0.1) is 0 Å². The van der Waals surface area contributed by atoms with E-state index >= 15 is 0 Å². The molecule has 5 rings (SSSR count). The van der Waals surface area contributed by atoms with Gasteiger partial charge in [-0.1, -0.05) is 6.07 Å². The smallest absolute Gasteiger partial charge is 0.117 e. The molecule has 3 heterocycles. The summed E-state index contributed by atoms with van der Waals surface area (Å²) in [5, 5.41) is 3.25. The number of imidazole rings is 1. The molecule has 0 spiro atoms. The third-order valence-electron chi connectivity index (χ3n) is 3.84. The Bertz CT molecular complexity index is 1140. The predicted molar refractivity (Wildman–Crippen MR) is 82.0 cm³/mol. The maximum absolute atomic E-state index is 4.48. The number of aromatic nitrogens is 5. The molecule has 0 radical (unpaired) electrons. The Labute approximate surface area is 118 Å². The quantitative estimate of drug-likeness (QED) is 0.347. The number of hydrogen-bond acceptors (Lipinski definition) is 4. The lowest BCUT2D eigenvalue weighted by Gasteiger charge is -2.06. The second-order valence-corrected chi connectivity index (χ2v) is 4.97. The molecule has 21 heavy (non-hydrogen) atoms. The summed E-state index contributed by atoms with van der Waals surface area (Å²) in [6, 6.07) is 8.18. The normalized spacial score (nSPS) is 11.8. The Morgan fingerprint density at radius 1 is 0.762 bits per heavy atom. The lowest BCUT2D eigenvalue weighted by molar-refractivity contribution is 1.30. The maximum Gasteiger partial charge on any atom is 0.117 e. The van der Waals surface area contributed by atoms with E-state index in [2.05, 4.69) is 43.1 Å². The SMILES string of the molecule is c1cnc2c(c1)c1cc3ncc[nH]c3cc1c1ncnc21. The number of aromatic amines is 1. The second-order valence-electron chi connectivity index (χ2n) is 4.97. The van der Waals surface area contributed by atoms with Crippen LogP contribution in [0.4, 0.5) is 0 Å². The molecule has 0 atom stereocenters. The standard InChI is InChI=1S/C16H9N5/c1-2-9-10-6-12-13(18-5-4-17-12)7-11(10)15-16(21-8-20-15)14(9)19-3-1/h1-8,18H. The molecule has 0 aliphatic heterocycles. The summed E-state index contributed by atoms with van der Waals surface area (Å²) < 4.78 is 0. The van der Waals surface area contributed by atoms with Crippen LogP contribution in [-0.4, -0.2) is 24.9 Å². The van der Waals surface area contributed by atoms with Gasteiger partial charge in [0.05, 0.1) is 16.6 Å². The molecule has 0 aliphatic carbocycles. The van der Waals surface area contributed by atoms with Crippen molar-refractivity contribution in [3.8, 4) is 0 Å². The Balaban J connectivity index is 2.18. The third-order valence-corrected chi connectivity index (χ3v) is 3.84. The first-order chi connectivity index (χ1) is 10.4. The van der Waals surface area contributed by atoms with Gasteiger partial charge in [0.2, 0.25) is 0 Å². The minimum Gasteiger partial charge on any atom is -0.358 e. The van der Waals surface area contributed by atoms with E-state index in [0.717, 1.165) is 43.7 Å². The van der Waals surface area contributed by atoms with E-state index in [1.54, 1.807) is 18.7 Å². The fourth-order valence-corrected chi connectivity index (χ4v) is 2.92. The minimum atomic E-state index is 0.848. The van der Waals surface area contributed by atoms with E-state index in [1.165, 1.54) is 0 Å². The summed E-state index contributed by atoms with van der Waals surface area (Å²) >= 11 is 0. The summed E-state index contributed by atoms with van der Waals surface area (Å²) in [5.41, 5.74) is 4.53. The molecule has 0 fully saturated rings. The fourth-order valence-electron chi connectivity index (χ4n) is 2.92. The molecule has 5 aromatic rings. The molecule has 0 aliphatic rings. The predicted octanol–water partition coefficient (Wildman–Crippen LogP) is 3.21. The van der Waals surface area contributed by atoms with Gasteiger partial charge in [-0.25, -0.2) is 9.97 Å². The zero-order valence-electron chi connectivity index (χ0n) is 10.9. The van der Waals surface area contributed by atoms with Crippen molar-refractivity contribution >= 4 is 43.7 Å². The van der Waals surface area contributed by atoms with Gasteiger partial charge >= 0.3 is 0 Å². The molecule has 5 heteroatoms. The van der Waals surface area contributed by atoms with E-state index < -0.39 is 0 Å². The van der Waals surface area contributed by atoms with Crippen LogP contribution < -0.4 is 0 Å². The van der Waals surface area contributed by atoms with E-state index in [9.17, 15) is 0 Å². The Hall–Kier alpha value is -3.08. The first-order valence-electron chi connectivity index (χ1n) is 6.66. The van der Waals surface area contributed by atoms with E-state index in [1.807, 2.05) is 12.3 Å². The van der Waals surface area contributed by atoms with Crippen LogP contribution in [0.3, 0.4) is 0 Å². The van der Waals surface area contributed by atoms with Crippen LogP contribution in [0.25, 0.3) is 43.7 Å². The van der Waals surface area contributed by atoms with Crippen molar-refractivity contribution in [1.82, 2.24) is 24.9 Å². The summed E-state index contributed by atoms with van der Waals surface area (Å²) in [7, 11) is 0.